The van der Waals surface area contributed by atoms with Gasteiger partial charge in [0.25, 0.3) is 0 Å². The molecule has 0 aromatic heterocycles. The highest BCUT2D eigenvalue weighted by Crippen LogP contribution is 2.39. The van der Waals surface area contributed by atoms with E-state index in [0.717, 1.165) is 24.3 Å². The molecule has 22 heavy (non-hydrogen) atoms. The van der Waals surface area contributed by atoms with Crippen molar-refractivity contribution < 1.29 is 36.2 Å². The molecule has 2 aromatic carbocycles. The van der Waals surface area contributed by atoms with E-state index in [1.165, 1.54) is 6.07 Å². The van der Waals surface area contributed by atoms with Crippen molar-refractivity contribution in [1.29, 1.82) is 0 Å². The van der Waals surface area contributed by atoms with Gasteiger partial charge in [-0.25, -0.2) is 0 Å². The highest BCUT2D eigenvalue weighted by atomic mass is 19.4. The number of benzene rings is 2. The summed E-state index contributed by atoms with van der Waals surface area (Å²) in [4.78, 5) is 0. The van der Waals surface area contributed by atoms with Gasteiger partial charge in [-0.1, -0.05) is 6.07 Å². The van der Waals surface area contributed by atoms with E-state index >= 15 is 0 Å². The summed E-state index contributed by atoms with van der Waals surface area (Å²) in [5, 5.41) is 9.16. The lowest BCUT2D eigenvalue weighted by Crippen LogP contribution is -2.06. The summed E-state index contributed by atoms with van der Waals surface area (Å²) in [6.45, 7) is 0. The minimum absolute atomic E-state index is 0.270. The number of rotatable bonds is 2. The number of phenolic OH excluding ortho intramolecular Hbond substituents is 1. The smallest absolute Gasteiger partial charge is 0.420 e. The summed E-state index contributed by atoms with van der Waals surface area (Å²) >= 11 is 0. The number of aromatic hydroxyl groups is 1. The molecule has 8 heteroatoms. The van der Waals surface area contributed by atoms with Crippen molar-refractivity contribution in [2.24, 2.45) is 0 Å². The first-order valence-corrected chi connectivity index (χ1v) is 5.83. The Bertz CT molecular complexity index is 676. The van der Waals surface area contributed by atoms with E-state index in [1.807, 2.05) is 0 Å². The number of ether oxygens (including phenoxy) is 1. The molecule has 0 radical (unpaired) electrons. The van der Waals surface area contributed by atoms with E-state index in [0.29, 0.717) is 12.1 Å². The Balaban J connectivity index is 2.32. The second kappa shape index (κ2) is 5.43. The Labute approximate surface area is 120 Å². The molecule has 2 nitrogen and oxygen atoms in total. The van der Waals surface area contributed by atoms with Crippen LogP contribution < -0.4 is 4.74 Å². The third kappa shape index (κ3) is 3.63. The molecule has 0 atom stereocenters. The molecule has 118 valence electrons. The molecule has 0 aliphatic heterocycles. The predicted molar refractivity (Wildman–Crippen MR) is 64.6 cm³/mol. The molecule has 0 heterocycles. The first kappa shape index (κ1) is 16.0. The second-order valence-electron chi connectivity index (χ2n) is 4.30. The van der Waals surface area contributed by atoms with E-state index in [1.54, 1.807) is 0 Å². The molecule has 0 bridgehead atoms. The van der Waals surface area contributed by atoms with Crippen LogP contribution in [0.25, 0.3) is 0 Å². The maximum Gasteiger partial charge on any atom is 0.420 e. The van der Waals surface area contributed by atoms with Crippen LogP contribution in [0.4, 0.5) is 26.3 Å². The minimum Gasteiger partial charge on any atom is -0.507 e. The summed E-state index contributed by atoms with van der Waals surface area (Å²) in [5.74, 6) is -1.61. The van der Waals surface area contributed by atoms with Gasteiger partial charge in [-0.2, -0.15) is 26.3 Å². The lowest BCUT2D eigenvalue weighted by atomic mass is 10.2. The first-order chi connectivity index (χ1) is 10.1. The Kier molecular flexibility index (Phi) is 3.95. The predicted octanol–water partition coefficient (Wildman–Crippen LogP) is 5.22. The number of hydrogen-bond acceptors (Lipinski definition) is 2. The highest BCUT2D eigenvalue weighted by molar-refractivity contribution is 5.43. The molecule has 0 unspecified atom stereocenters. The van der Waals surface area contributed by atoms with Gasteiger partial charge in [-0.3, -0.25) is 0 Å². The summed E-state index contributed by atoms with van der Waals surface area (Å²) in [6, 6.07) is 6.01. The van der Waals surface area contributed by atoms with Gasteiger partial charge >= 0.3 is 12.4 Å². The van der Waals surface area contributed by atoms with Crippen molar-refractivity contribution in [3.05, 3.63) is 53.6 Å². The van der Waals surface area contributed by atoms with E-state index in [2.05, 4.69) is 0 Å². The van der Waals surface area contributed by atoms with E-state index in [-0.39, 0.29) is 11.5 Å². The maximum atomic E-state index is 12.6. The topological polar surface area (TPSA) is 29.5 Å². The fourth-order valence-electron chi connectivity index (χ4n) is 1.68. The van der Waals surface area contributed by atoms with Crippen molar-refractivity contribution in [2.75, 3.05) is 0 Å². The average molecular weight is 322 g/mol. The van der Waals surface area contributed by atoms with Crippen LogP contribution in [0.3, 0.4) is 0 Å². The number of alkyl halides is 6. The van der Waals surface area contributed by atoms with Gasteiger partial charge in [0.05, 0.1) is 5.56 Å². The van der Waals surface area contributed by atoms with Crippen molar-refractivity contribution in [1.82, 2.24) is 0 Å². The van der Waals surface area contributed by atoms with Crippen LogP contribution in [-0.2, 0) is 12.4 Å². The first-order valence-electron chi connectivity index (χ1n) is 5.83. The van der Waals surface area contributed by atoms with Gasteiger partial charge in [0, 0.05) is 0 Å². The van der Waals surface area contributed by atoms with Gasteiger partial charge in [0.1, 0.15) is 22.8 Å². The minimum atomic E-state index is -4.81. The fourth-order valence-corrected chi connectivity index (χ4v) is 1.68. The third-order valence-electron chi connectivity index (χ3n) is 2.67. The monoisotopic (exact) mass is 322 g/mol. The summed E-state index contributed by atoms with van der Waals surface area (Å²) in [7, 11) is 0. The summed E-state index contributed by atoms with van der Waals surface area (Å²) < 4.78 is 80.5. The van der Waals surface area contributed by atoms with Crippen LogP contribution in [0.5, 0.6) is 17.2 Å². The van der Waals surface area contributed by atoms with Gasteiger partial charge in [-0.15, -0.1) is 0 Å². The largest absolute Gasteiger partial charge is 0.507 e. The molecule has 0 aliphatic carbocycles. The second-order valence-corrected chi connectivity index (χ2v) is 4.30. The molecule has 0 spiro atoms. The van der Waals surface area contributed by atoms with Crippen molar-refractivity contribution >= 4 is 0 Å². The van der Waals surface area contributed by atoms with Gasteiger partial charge in [0.2, 0.25) is 0 Å². The van der Waals surface area contributed by atoms with Gasteiger partial charge in [0.15, 0.2) is 0 Å². The lowest BCUT2D eigenvalue weighted by molar-refractivity contribution is -0.139. The molecule has 2 rings (SSSR count). The van der Waals surface area contributed by atoms with Crippen LogP contribution in [0, 0.1) is 0 Å². The standard InChI is InChI=1S/C14H8F6O2/c15-13(16,17)8-2-1-3-9(6-8)22-10-4-5-12(21)11(7-10)14(18,19)20/h1-7,21H. The Morgan fingerprint density at radius 3 is 2.00 bits per heavy atom. The average Bonchev–Trinajstić information content (AvgIpc) is 2.39. The number of phenols is 1. The number of halogens is 6. The quantitative estimate of drug-likeness (QED) is 0.768. The van der Waals surface area contributed by atoms with Crippen LogP contribution in [0.2, 0.25) is 0 Å². The lowest BCUT2D eigenvalue weighted by Gasteiger charge is -2.13. The molecule has 0 saturated carbocycles. The van der Waals surface area contributed by atoms with Crippen molar-refractivity contribution in [3.8, 4) is 17.2 Å². The maximum absolute atomic E-state index is 12.6. The zero-order valence-electron chi connectivity index (χ0n) is 10.7. The summed E-state index contributed by atoms with van der Waals surface area (Å²) in [5.41, 5.74) is -2.32. The molecular formula is C14H8F6O2. The highest BCUT2D eigenvalue weighted by Gasteiger charge is 2.34. The Hall–Kier alpha value is -2.38. The number of hydrogen-bond donors (Lipinski definition) is 1. The molecule has 2 aromatic rings. The molecule has 0 aliphatic rings. The molecular weight excluding hydrogens is 314 g/mol. The van der Waals surface area contributed by atoms with Crippen LogP contribution >= 0.6 is 0 Å². The third-order valence-corrected chi connectivity index (χ3v) is 2.67. The van der Waals surface area contributed by atoms with E-state index < -0.39 is 29.2 Å². The van der Waals surface area contributed by atoms with Crippen LogP contribution in [-0.4, -0.2) is 5.11 Å². The van der Waals surface area contributed by atoms with Gasteiger partial charge in [-0.05, 0) is 36.4 Å². The van der Waals surface area contributed by atoms with Gasteiger partial charge < -0.3 is 9.84 Å². The van der Waals surface area contributed by atoms with Crippen LogP contribution in [0.1, 0.15) is 11.1 Å². The molecule has 0 fully saturated rings. The molecule has 0 saturated heterocycles. The van der Waals surface area contributed by atoms with E-state index in [9.17, 15) is 26.3 Å². The Morgan fingerprint density at radius 2 is 1.41 bits per heavy atom. The SMILES string of the molecule is Oc1ccc(Oc2cccc(C(F)(F)F)c2)cc1C(F)(F)F. The zero-order valence-corrected chi connectivity index (χ0v) is 10.7. The van der Waals surface area contributed by atoms with Crippen LogP contribution in [0.15, 0.2) is 42.5 Å². The Morgan fingerprint density at radius 1 is 0.773 bits per heavy atom. The summed E-state index contributed by atoms with van der Waals surface area (Å²) in [6.07, 6.45) is -9.40. The van der Waals surface area contributed by atoms with E-state index in [4.69, 9.17) is 9.84 Å². The van der Waals surface area contributed by atoms with Crippen molar-refractivity contribution in [3.63, 3.8) is 0 Å². The molecule has 0 amide bonds. The fraction of sp³-hybridized carbons (Fsp3) is 0.143. The normalized spacial score (nSPS) is 12.3. The van der Waals surface area contributed by atoms with Crippen molar-refractivity contribution in [2.45, 2.75) is 12.4 Å². The zero-order chi connectivity index (χ0) is 16.5. The molecule has 1 N–H and O–H groups in total.